The number of Topliss-reactive ketones (excluding diaryl/α,β-unsaturated/α-hetero) is 3. The molecule has 0 saturated carbocycles. The van der Waals surface area contributed by atoms with Crippen molar-refractivity contribution in [3.8, 4) is 5.75 Å². The van der Waals surface area contributed by atoms with Crippen LogP contribution in [0.25, 0.3) is 0 Å². The minimum Gasteiger partial charge on any atom is -0.494 e. The number of benzene rings is 1. The van der Waals surface area contributed by atoms with Gasteiger partial charge < -0.3 is 39.2 Å². The third kappa shape index (κ3) is 26.7. The van der Waals surface area contributed by atoms with Gasteiger partial charge >= 0.3 is 11.9 Å². The normalized spacial score (nSPS) is 11.5. The molecule has 0 spiro atoms. The lowest BCUT2D eigenvalue weighted by molar-refractivity contribution is -0.138. The number of carbonyl (C=O) groups is 6. The van der Waals surface area contributed by atoms with Crippen molar-refractivity contribution < 1.29 is 62.7 Å². The standard InChI is InChI=1S/C37H57NO13/c1-29(39)27-49-24-22-47-19-9-11-33(41)28-50-25-23-48-21-18-38-36(44)31(14-17-35(42)43)26-32(40)10-7-5-3-2-4-6-8-20-51-34-15-12-30(13-16-34)37(45)46/h12-13,15-16,31H,2-11,14,17-28H2,1H3,(H,38,44)(H,42,43)(H,45,46)/t31-/m1/s1. The smallest absolute Gasteiger partial charge is 0.335 e. The van der Waals surface area contributed by atoms with E-state index in [9.17, 15) is 28.8 Å². The Kier molecular flexibility index (Phi) is 26.6. The fourth-order valence-electron chi connectivity index (χ4n) is 4.87. The molecule has 288 valence electrons. The molecular formula is C37H57NO13. The van der Waals surface area contributed by atoms with Gasteiger partial charge in [-0.25, -0.2) is 4.79 Å². The van der Waals surface area contributed by atoms with Gasteiger partial charge in [0.15, 0.2) is 11.6 Å². The Hall–Kier alpha value is -3.72. The maximum absolute atomic E-state index is 12.7. The molecule has 0 fully saturated rings. The highest BCUT2D eigenvalue weighted by Crippen LogP contribution is 2.17. The van der Waals surface area contributed by atoms with Crippen LogP contribution in [-0.4, -0.2) is 111 Å². The van der Waals surface area contributed by atoms with Crippen LogP contribution in [0.3, 0.4) is 0 Å². The fraction of sp³-hybridized carbons (Fsp3) is 0.676. The molecule has 1 atom stereocenters. The van der Waals surface area contributed by atoms with Gasteiger partial charge in [-0.3, -0.25) is 24.0 Å². The summed E-state index contributed by atoms with van der Waals surface area (Å²) < 4.78 is 26.8. The van der Waals surface area contributed by atoms with Gasteiger partial charge in [-0.1, -0.05) is 32.1 Å². The molecule has 14 nitrogen and oxygen atoms in total. The van der Waals surface area contributed by atoms with E-state index in [4.69, 9.17) is 33.9 Å². The number of ether oxygens (including phenoxy) is 5. The second-order valence-corrected chi connectivity index (χ2v) is 12.2. The number of ketones is 3. The topological polar surface area (TPSA) is 201 Å². The van der Waals surface area contributed by atoms with E-state index in [1.807, 2.05) is 0 Å². The number of hydrogen-bond donors (Lipinski definition) is 3. The lowest BCUT2D eigenvalue weighted by Crippen LogP contribution is -2.34. The van der Waals surface area contributed by atoms with E-state index in [1.165, 1.54) is 19.1 Å². The summed E-state index contributed by atoms with van der Waals surface area (Å²) in [5.41, 5.74) is 0.222. The fourth-order valence-corrected chi connectivity index (χ4v) is 4.87. The van der Waals surface area contributed by atoms with E-state index in [0.29, 0.717) is 51.4 Å². The zero-order valence-corrected chi connectivity index (χ0v) is 30.0. The first-order valence-corrected chi connectivity index (χ1v) is 17.9. The molecule has 0 aromatic heterocycles. The molecule has 0 radical (unpaired) electrons. The molecule has 0 saturated heterocycles. The number of carbonyl (C=O) groups excluding carboxylic acids is 4. The average molecular weight is 724 g/mol. The molecule has 0 heterocycles. The molecule has 1 aromatic carbocycles. The molecule has 0 aliphatic carbocycles. The van der Waals surface area contributed by atoms with Gasteiger partial charge in [0.05, 0.1) is 45.2 Å². The van der Waals surface area contributed by atoms with E-state index in [2.05, 4.69) is 5.32 Å². The molecule has 0 aliphatic rings. The quantitative estimate of drug-likeness (QED) is 0.0831. The van der Waals surface area contributed by atoms with Crippen molar-refractivity contribution in [2.24, 2.45) is 5.92 Å². The van der Waals surface area contributed by atoms with Gasteiger partial charge in [0.2, 0.25) is 5.91 Å². The molecule has 3 N–H and O–H groups in total. The maximum Gasteiger partial charge on any atom is 0.335 e. The Bertz CT molecular complexity index is 1160. The monoisotopic (exact) mass is 723 g/mol. The number of hydrogen-bond acceptors (Lipinski definition) is 11. The first-order valence-electron chi connectivity index (χ1n) is 17.9. The minimum atomic E-state index is -1.02. The molecule has 0 aliphatic heterocycles. The molecule has 0 bridgehead atoms. The van der Waals surface area contributed by atoms with Crippen LogP contribution >= 0.6 is 0 Å². The second-order valence-electron chi connectivity index (χ2n) is 12.2. The van der Waals surface area contributed by atoms with Crippen molar-refractivity contribution in [1.29, 1.82) is 0 Å². The summed E-state index contributed by atoms with van der Waals surface area (Å²) in [6.07, 6.45) is 7.70. The first-order chi connectivity index (χ1) is 24.6. The van der Waals surface area contributed by atoms with Gasteiger partial charge in [-0.15, -0.1) is 0 Å². The summed E-state index contributed by atoms with van der Waals surface area (Å²) in [5.74, 6) is -2.59. The third-order valence-electron chi connectivity index (χ3n) is 7.62. The van der Waals surface area contributed by atoms with Crippen molar-refractivity contribution >= 4 is 35.2 Å². The number of aromatic carboxylic acids is 1. The van der Waals surface area contributed by atoms with Crippen molar-refractivity contribution in [3.05, 3.63) is 29.8 Å². The molecule has 0 unspecified atom stereocenters. The van der Waals surface area contributed by atoms with Crippen molar-refractivity contribution in [3.63, 3.8) is 0 Å². The van der Waals surface area contributed by atoms with Crippen molar-refractivity contribution in [2.75, 3.05) is 66.0 Å². The highest BCUT2D eigenvalue weighted by molar-refractivity contribution is 5.88. The van der Waals surface area contributed by atoms with Crippen LogP contribution in [0.5, 0.6) is 5.75 Å². The highest BCUT2D eigenvalue weighted by Gasteiger charge is 2.22. The highest BCUT2D eigenvalue weighted by atomic mass is 16.5. The van der Waals surface area contributed by atoms with Gasteiger partial charge in [-0.05, 0) is 56.9 Å². The van der Waals surface area contributed by atoms with Crippen LogP contribution in [0.15, 0.2) is 24.3 Å². The summed E-state index contributed by atoms with van der Waals surface area (Å²) in [5, 5.41) is 20.8. The molecule has 14 heteroatoms. The zero-order valence-electron chi connectivity index (χ0n) is 30.0. The number of rotatable bonds is 35. The van der Waals surface area contributed by atoms with E-state index < -0.39 is 17.9 Å². The number of nitrogens with one attached hydrogen (secondary N) is 1. The van der Waals surface area contributed by atoms with E-state index >= 15 is 0 Å². The van der Waals surface area contributed by atoms with Crippen LogP contribution in [0.4, 0.5) is 0 Å². The number of amides is 1. The number of carboxylic acid groups (broad SMARTS) is 2. The van der Waals surface area contributed by atoms with Crippen LogP contribution in [0, 0.1) is 5.92 Å². The number of unbranched alkanes of at least 4 members (excludes halogenated alkanes) is 6. The van der Waals surface area contributed by atoms with E-state index in [-0.39, 0.29) is 87.7 Å². The number of carboxylic acids is 2. The Morgan fingerprint density at radius 1 is 0.627 bits per heavy atom. The Morgan fingerprint density at radius 3 is 1.86 bits per heavy atom. The molecule has 1 amide bonds. The Morgan fingerprint density at radius 2 is 1.22 bits per heavy atom. The summed E-state index contributed by atoms with van der Waals surface area (Å²) in [6.45, 7) is 3.97. The predicted molar refractivity (Wildman–Crippen MR) is 187 cm³/mol. The minimum absolute atomic E-state index is 0.00252. The van der Waals surface area contributed by atoms with Crippen LogP contribution in [-0.2, 0) is 42.9 Å². The molecule has 1 aromatic rings. The number of aliphatic carboxylic acids is 1. The first kappa shape index (κ1) is 45.3. The predicted octanol–water partition coefficient (Wildman–Crippen LogP) is 4.45. The molecule has 51 heavy (non-hydrogen) atoms. The Balaban J connectivity index is 2.08. The summed E-state index contributed by atoms with van der Waals surface area (Å²) in [4.78, 5) is 70.0. The zero-order chi connectivity index (χ0) is 37.5. The van der Waals surface area contributed by atoms with Crippen LogP contribution in [0.2, 0.25) is 0 Å². The molecular weight excluding hydrogens is 666 g/mol. The summed E-state index contributed by atoms with van der Waals surface area (Å²) >= 11 is 0. The second kappa shape index (κ2) is 30.0. The summed E-state index contributed by atoms with van der Waals surface area (Å²) in [7, 11) is 0. The van der Waals surface area contributed by atoms with Gasteiger partial charge in [0.25, 0.3) is 0 Å². The molecule has 1 rings (SSSR count). The van der Waals surface area contributed by atoms with Gasteiger partial charge in [0.1, 0.15) is 24.7 Å². The van der Waals surface area contributed by atoms with Crippen molar-refractivity contribution in [2.45, 2.75) is 90.4 Å². The third-order valence-corrected chi connectivity index (χ3v) is 7.62. The lowest BCUT2D eigenvalue weighted by Gasteiger charge is -2.16. The van der Waals surface area contributed by atoms with Crippen LogP contribution < -0.4 is 10.1 Å². The van der Waals surface area contributed by atoms with E-state index in [0.717, 1.165) is 44.9 Å². The summed E-state index contributed by atoms with van der Waals surface area (Å²) in [6, 6.07) is 6.33. The largest absolute Gasteiger partial charge is 0.494 e. The van der Waals surface area contributed by atoms with E-state index in [1.54, 1.807) is 12.1 Å². The Labute approximate surface area is 300 Å². The average Bonchev–Trinajstić information content (AvgIpc) is 3.09. The van der Waals surface area contributed by atoms with Gasteiger partial charge in [-0.2, -0.15) is 0 Å². The maximum atomic E-state index is 12.7. The van der Waals surface area contributed by atoms with Gasteiger partial charge in [0, 0.05) is 44.8 Å². The SMILES string of the molecule is CC(=O)COCCOCCCC(=O)COCCOCCNC(=O)[C@H](CCC(=O)O)CC(=O)CCCCCCCCCOc1ccc(C(=O)O)cc1. The lowest BCUT2D eigenvalue weighted by atomic mass is 9.94. The van der Waals surface area contributed by atoms with Crippen molar-refractivity contribution in [1.82, 2.24) is 5.32 Å². The van der Waals surface area contributed by atoms with Crippen LogP contribution in [0.1, 0.15) is 101 Å².